The zero-order valence-electron chi connectivity index (χ0n) is 13.8. The van der Waals surface area contributed by atoms with Gasteiger partial charge in [0, 0.05) is 33.5 Å². The highest BCUT2D eigenvalue weighted by molar-refractivity contribution is 6.06. The van der Waals surface area contributed by atoms with Crippen LogP contribution in [0.5, 0.6) is 0 Å². The van der Waals surface area contributed by atoms with Crippen molar-refractivity contribution >= 4 is 29.1 Å². The van der Waals surface area contributed by atoms with Gasteiger partial charge in [0.05, 0.1) is 11.4 Å². The molecule has 0 radical (unpaired) electrons. The van der Waals surface area contributed by atoms with Crippen LogP contribution >= 0.6 is 0 Å². The highest BCUT2D eigenvalue weighted by Crippen LogP contribution is 2.34. The highest BCUT2D eigenvalue weighted by Gasteiger charge is 2.37. The van der Waals surface area contributed by atoms with E-state index >= 15 is 0 Å². The SMILES string of the molecule is CC(=O)N1CCC[C@H]1C(=O)N1CCC(=O)N(C)c2cc(F)ccc21. The minimum absolute atomic E-state index is 0.131. The van der Waals surface area contributed by atoms with Crippen molar-refractivity contribution in [3.8, 4) is 0 Å². The van der Waals surface area contributed by atoms with E-state index in [1.165, 1.54) is 34.9 Å². The molecule has 1 aromatic carbocycles. The van der Waals surface area contributed by atoms with Gasteiger partial charge in [-0.3, -0.25) is 14.4 Å². The van der Waals surface area contributed by atoms with Gasteiger partial charge in [-0.15, -0.1) is 0 Å². The van der Waals surface area contributed by atoms with Crippen LogP contribution in [-0.2, 0) is 14.4 Å². The number of nitrogens with zero attached hydrogens (tertiary/aromatic N) is 3. The van der Waals surface area contributed by atoms with Crippen LogP contribution in [0.4, 0.5) is 15.8 Å². The predicted molar refractivity (Wildman–Crippen MR) is 87.2 cm³/mol. The first-order chi connectivity index (χ1) is 11.4. The molecule has 2 aliphatic rings. The minimum Gasteiger partial charge on any atom is -0.331 e. The summed E-state index contributed by atoms with van der Waals surface area (Å²) in [6.45, 7) is 2.24. The fourth-order valence-electron chi connectivity index (χ4n) is 3.43. The van der Waals surface area contributed by atoms with E-state index in [4.69, 9.17) is 0 Å². The summed E-state index contributed by atoms with van der Waals surface area (Å²) < 4.78 is 13.6. The van der Waals surface area contributed by atoms with Crippen molar-refractivity contribution in [1.29, 1.82) is 0 Å². The first kappa shape index (κ1) is 16.4. The number of rotatable bonds is 1. The predicted octanol–water partition coefficient (Wildman–Crippen LogP) is 1.54. The molecule has 1 fully saturated rings. The van der Waals surface area contributed by atoms with Crippen molar-refractivity contribution in [1.82, 2.24) is 4.90 Å². The number of hydrogen-bond acceptors (Lipinski definition) is 3. The fraction of sp³-hybridized carbons (Fsp3) is 0.471. The Hall–Kier alpha value is -2.44. The zero-order valence-corrected chi connectivity index (χ0v) is 13.8. The lowest BCUT2D eigenvalue weighted by Gasteiger charge is -2.30. The molecule has 0 spiro atoms. The molecule has 0 N–H and O–H groups in total. The van der Waals surface area contributed by atoms with Crippen LogP contribution in [0.1, 0.15) is 26.2 Å². The molecule has 24 heavy (non-hydrogen) atoms. The van der Waals surface area contributed by atoms with Crippen LogP contribution in [0.3, 0.4) is 0 Å². The number of amides is 3. The number of halogens is 1. The molecule has 128 valence electrons. The maximum Gasteiger partial charge on any atom is 0.249 e. The molecule has 0 aliphatic carbocycles. The molecule has 3 amide bonds. The van der Waals surface area contributed by atoms with Gasteiger partial charge in [-0.25, -0.2) is 4.39 Å². The van der Waals surface area contributed by atoms with Gasteiger partial charge >= 0.3 is 0 Å². The lowest BCUT2D eigenvalue weighted by Crippen LogP contribution is -2.47. The van der Waals surface area contributed by atoms with Crippen LogP contribution in [0.25, 0.3) is 0 Å². The van der Waals surface area contributed by atoms with Gasteiger partial charge in [-0.05, 0) is 31.0 Å². The summed E-state index contributed by atoms with van der Waals surface area (Å²) in [4.78, 5) is 41.4. The van der Waals surface area contributed by atoms with Crippen LogP contribution in [0.15, 0.2) is 18.2 Å². The molecule has 0 saturated carbocycles. The number of likely N-dealkylation sites (tertiary alicyclic amines) is 1. The highest BCUT2D eigenvalue weighted by atomic mass is 19.1. The Morgan fingerprint density at radius 1 is 1.21 bits per heavy atom. The van der Waals surface area contributed by atoms with Crippen LogP contribution in [0, 0.1) is 5.82 Å². The maximum atomic E-state index is 13.6. The van der Waals surface area contributed by atoms with E-state index in [0.717, 1.165) is 6.42 Å². The van der Waals surface area contributed by atoms with Crippen molar-refractivity contribution in [2.75, 3.05) is 29.9 Å². The molecule has 1 aromatic rings. The molecule has 1 saturated heterocycles. The number of hydrogen-bond donors (Lipinski definition) is 0. The third-order valence-corrected chi connectivity index (χ3v) is 4.72. The lowest BCUT2D eigenvalue weighted by molar-refractivity contribution is -0.135. The Morgan fingerprint density at radius 3 is 2.67 bits per heavy atom. The van der Waals surface area contributed by atoms with Crippen LogP contribution in [0.2, 0.25) is 0 Å². The maximum absolute atomic E-state index is 13.6. The quantitative estimate of drug-likeness (QED) is 0.783. The van der Waals surface area contributed by atoms with E-state index in [2.05, 4.69) is 0 Å². The molecule has 2 aliphatic heterocycles. The van der Waals surface area contributed by atoms with Crippen molar-refractivity contribution in [3.63, 3.8) is 0 Å². The second-order valence-electron chi connectivity index (χ2n) is 6.20. The van der Waals surface area contributed by atoms with Gasteiger partial charge in [0.1, 0.15) is 11.9 Å². The molecule has 0 aromatic heterocycles. The first-order valence-corrected chi connectivity index (χ1v) is 8.05. The topological polar surface area (TPSA) is 60.9 Å². The Balaban J connectivity index is 1.99. The third kappa shape index (κ3) is 2.74. The van der Waals surface area contributed by atoms with Gasteiger partial charge in [0.15, 0.2) is 0 Å². The summed E-state index contributed by atoms with van der Waals surface area (Å²) in [7, 11) is 1.58. The molecule has 0 unspecified atom stereocenters. The Bertz CT molecular complexity index is 706. The number of benzene rings is 1. The first-order valence-electron chi connectivity index (χ1n) is 8.05. The van der Waals surface area contributed by atoms with Gasteiger partial charge in [-0.1, -0.05) is 0 Å². The standard InChI is InChI=1S/C17H20FN3O3/c1-11(22)20-8-3-4-14(20)17(24)21-9-7-16(23)19(2)15-10-12(18)5-6-13(15)21/h5-6,10,14H,3-4,7-9H2,1-2H3/t14-/m0/s1. The molecular weight excluding hydrogens is 313 g/mol. The van der Waals surface area contributed by atoms with Crippen molar-refractivity contribution in [2.45, 2.75) is 32.2 Å². The average molecular weight is 333 g/mol. The van der Waals surface area contributed by atoms with E-state index < -0.39 is 11.9 Å². The molecule has 6 nitrogen and oxygen atoms in total. The lowest BCUT2D eigenvalue weighted by atomic mass is 10.1. The van der Waals surface area contributed by atoms with Crippen LogP contribution < -0.4 is 9.80 Å². The van der Waals surface area contributed by atoms with Crippen molar-refractivity contribution in [3.05, 3.63) is 24.0 Å². The van der Waals surface area contributed by atoms with Crippen LogP contribution in [-0.4, -0.2) is 48.8 Å². The van der Waals surface area contributed by atoms with E-state index in [1.54, 1.807) is 11.9 Å². The second-order valence-corrected chi connectivity index (χ2v) is 6.20. The van der Waals surface area contributed by atoms with Gasteiger partial charge in [0.2, 0.25) is 17.7 Å². The summed E-state index contributed by atoms with van der Waals surface area (Å²) in [6.07, 6.45) is 1.54. The van der Waals surface area contributed by atoms with Crippen molar-refractivity contribution < 1.29 is 18.8 Å². The molecule has 1 atom stereocenters. The summed E-state index contributed by atoms with van der Waals surface area (Å²) in [5, 5.41) is 0. The van der Waals surface area contributed by atoms with Gasteiger partial charge in [0.25, 0.3) is 0 Å². The van der Waals surface area contributed by atoms with E-state index in [9.17, 15) is 18.8 Å². The van der Waals surface area contributed by atoms with E-state index in [-0.39, 0.29) is 30.7 Å². The minimum atomic E-state index is -0.515. The molecule has 0 bridgehead atoms. The van der Waals surface area contributed by atoms with Gasteiger partial charge in [-0.2, -0.15) is 0 Å². The number of fused-ring (bicyclic) bond motifs is 1. The monoisotopic (exact) mass is 333 g/mol. The molecule has 7 heteroatoms. The zero-order chi connectivity index (χ0) is 17.4. The summed E-state index contributed by atoms with van der Waals surface area (Å²) in [5.74, 6) is -0.979. The Morgan fingerprint density at radius 2 is 1.96 bits per heavy atom. The number of carbonyl (C=O) groups is 3. The number of carbonyl (C=O) groups excluding carboxylic acids is 3. The van der Waals surface area contributed by atoms with Gasteiger partial charge < -0.3 is 14.7 Å². The normalized spacial score (nSPS) is 20.9. The summed E-state index contributed by atoms with van der Waals surface area (Å²) in [5.41, 5.74) is 0.878. The molecule has 3 rings (SSSR count). The molecular formula is C17H20FN3O3. The Labute approximate surface area is 139 Å². The van der Waals surface area contributed by atoms with Crippen molar-refractivity contribution in [2.24, 2.45) is 0 Å². The fourth-order valence-corrected chi connectivity index (χ4v) is 3.43. The second kappa shape index (κ2) is 6.22. The number of anilines is 2. The summed E-state index contributed by atoms with van der Waals surface area (Å²) in [6, 6.07) is 3.54. The largest absolute Gasteiger partial charge is 0.331 e. The smallest absolute Gasteiger partial charge is 0.249 e. The van der Waals surface area contributed by atoms with E-state index in [1.807, 2.05) is 0 Å². The summed E-state index contributed by atoms with van der Waals surface area (Å²) >= 11 is 0. The average Bonchev–Trinajstić information content (AvgIpc) is 3.00. The van der Waals surface area contributed by atoms with E-state index in [0.29, 0.717) is 24.3 Å². The molecule has 2 heterocycles. The third-order valence-electron chi connectivity index (χ3n) is 4.72. The Kier molecular flexibility index (Phi) is 4.26.